The van der Waals surface area contributed by atoms with Crippen LogP contribution in [-0.2, 0) is 11.8 Å². The Kier molecular flexibility index (Phi) is 5.04. The highest BCUT2D eigenvalue weighted by Gasteiger charge is 2.11. The van der Waals surface area contributed by atoms with Gasteiger partial charge in [-0.15, -0.1) is 0 Å². The Morgan fingerprint density at radius 1 is 1.15 bits per heavy atom. The van der Waals surface area contributed by atoms with Crippen molar-refractivity contribution < 1.29 is 14.7 Å². The fraction of sp³-hybridized carbons (Fsp3) is 0.111. The molecule has 3 aromatic rings. The van der Waals surface area contributed by atoms with Gasteiger partial charge in [0.05, 0.1) is 22.2 Å². The number of aromatic carboxylic acids is 1. The molecule has 2 N–H and O–H groups in total. The van der Waals surface area contributed by atoms with Gasteiger partial charge in [-0.1, -0.05) is 23.9 Å². The average molecular weight is 369 g/mol. The van der Waals surface area contributed by atoms with Crippen LogP contribution in [-0.4, -0.2) is 32.3 Å². The van der Waals surface area contributed by atoms with Gasteiger partial charge in [-0.3, -0.25) is 14.2 Å². The molecule has 0 unspecified atom stereocenters. The van der Waals surface area contributed by atoms with Gasteiger partial charge < -0.3 is 10.4 Å². The van der Waals surface area contributed by atoms with Crippen LogP contribution in [0.4, 0.5) is 5.69 Å². The Bertz CT molecular complexity index is 1040. The van der Waals surface area contributed by atoms with Crippen LogP contribution in [0.25, 0.3) is 10.9 Å². The van der Waals surface area contributed by atoms with Crippen LogP contribution in [0.3, 0.4) is 0 Å². The molecule has 0 atom stereocenters. The largest absolute Gasteiger partial charge is 0.478 e. The molecule has 7 nitrogen and oxygen atoms in total. The van der Waals surface area contributed by atoms with Crippen LogP contribution < -0.4 is 10.9 Å². The lowest BCUT2D eigenvalue weighted by molar-refractivity contribution is -0.113. The molecule has 1 amide bonds. The molecular weight excluding hydrogens is 354 g/mol. The van der Waals surface area contributed by atoms with E-state index in [1.807, 2.05) is 0 Å². The number of nitrogens with one attached hydrogen (secondary N) is 1. The summed E-state index contributed by atoms with van der Waals surface area (Å²) in [5.41, 5.74) is 1.07. The summed E-state index contributed by atoms with van der Waals surface area (Å²) in [5.74, 6) is -1.23. The molecule has 0 aliphatic carbocycles. The summed E-state index contributed by atoms with van der Waals surface area (Å²) in [6, 6.07) is 12.9. The molecule has 0 bridgehead atoms. The second-order valence-corrected chi connectivity index (χ2v) is 6.44. The zero-order valence-corrected chi connectivity index (χ0v) is 14.6. The smallest absolute Gasteiger partial charge is 0.335 e. The van der Waals surface area contributed by atoms with E-state index in [-0.39, 0.29) is 22.8 Å². The Hall–Kier alpha value is -3.13. The first-order valence-corrected chi connectivity index (χ1v) is 8.66. The molecule has 0 saturated heterocycles. The molecule has 1 heterocycles. The number of anilines is 1. The number of aromatic nitrogens is 2. The Balaban J connectivity index is 1.69. The van der Waals surface area contributed by atoms with Crippen LogP contribution >= 0.6 is 11.8 Å². The van der Waals surface area contributed by atoms with Gasteiger partial charge in [0.15, 0.2) is 5.16 Å². The van der Waals surface area contributed by atoms with E-state index in [0.29, 0.717) is 21.7 Å². The highest BCUT2D eigenvalue weighted by atomic mass is 32.2. The summed E-state index contributed by atoms with van der Waals surface area (Å²) in [7, 11) is 1.62. The number of carboxylic acid groups (broad SMARTS) is 1. The predicted octanol–water partition coefficient (Wildman–Crippen LogP) is 2.36. The van der Waals surface area contributed by atoms with Crippen molar-refractivity contribution in [2.75, 3.05) is 11.1 Å². The summed E-state index contributed by atoms with van der Waals surface area (Å²) in [6.07, 6.45) is 0. The predicted molar refractivity (Wildman–Crippen MR) is 99.7 cm³/mol. The summed E-state index contributed by atoms with van der Waals surface area (Å²) in [6.45, 7) is 0. The second-order valence-electron chi connectivity index (χ2n) is 5.50. The maximum Gasteiger partial charge on any atom is 0.335 e. The monoisotopic (exact) mass is 369 g/mol. The van der Waals surface area contributed by atoms with Crippen molar-refractivity contribution in [1.82, 2.24) is 9.55 Å². The van der Waals surface area contributed by atoms with Gasteiger partial charge in [-0.25, -0.2) is 9.78 Å². The maximum absolute atomic E-state index is 12.3. The third kappa shape index (κ3) is 3.75. The van der Waals surface area contributed by atoms with E-state index < -0.39 is 5.97 Å². The Morgan fingerprint density at radius 3 is 2.54 bits per heavy atom. The van der Waals surface area contributed by atoms with Crippen molar-refractivity contribution in [2.45, 2.75) is 5.16 Å². The molecule has 3 rings (SSSR count). The lowest BCUT2D eigenvalue weighted by Crippen LogP contribution is -2.21. The highest BCUT2D eigenvalue weighted by Crippen LogP contribution is 2.17. The van der Waals surface area contributed by atoms with Crippen molar-refractivity contribution >= 4 is 40.2 Å². The summed E-state index contributed by atoms with van der Waals surface area (Å²) in [4.78, 5) is 39.7. The number of rotatable bonds is 5. The van der Waals surface area contributed by atoms with Crippen molar-refractivity contribution in [1.29, 1.82) is 0 Å². The van der Waals surface area contributed by atoms with Gasteiger partial charge >= 0.3 is 5.97 Å². The van der Waals surface area contributed by atoms with Crippen LogP contribution in [0, 0.1) is 0 Å². The van der Waals surface area contributed by atoms with Gasteiger partial charge in [0.25, 0.3) is 5.56 Å². The first-order valence-electron chi connectivity index (χ1n) is 7.67. The van der Waals surface area contributed by atoms with Crippen molar-refractivity contribution in [2.24, 2.45) is 7.05 Å². The number of carbonyl (C=O) groups excluding carboxylic acids is 1. The van der Waals surface area contributed by atoms with Crippen molar-refractivity contribution in [3.63, 3.8) is 0 Å². The normalized spacial score (nSPS) is 10.7. The lowest BCUT2D eigenvalue weighted by Gasteiger charge is -2.09. The van der Waals surface area contributed by atoms with Crippen LogP contribution in [0.5, 0.6) is 0 Å². The zero-order valence-electron chi connectivity index (χ0n) is 13.8. The second kappa shape index (κ2) is 7.40. The number of hydrogen-bond acceptors (Lipinski definition) is 5. The first kappa shape index (κ1) is 17.7. The number of carboxylic acids is 1. The molecule has 8 heteroatoms. The number of nitrogens with zero attached hydrogens (tertiary/aromatic N) is 2. The van der Waals surface area contributed by atoms with E-state index in [2.05, 4.69) is 10.3 Å². The van der Waals surface area contributed by atoms with E-state index in [4.69, 9.17) is 5.11 Å². The average Bonchev–Trinajstić information content (AvgIpc) is 2.64. The summed E-state index contributed by atoms with van der Waals surface area (Å²) >= 11 is 1.16. The number of para-hydroxylation sites is 1. The highest BCUT2D eigenvalue weighted by molar-refractivity contribution is 7.99. The summed E-state index contributed by atoms with van der Waals surface area (Å²) in [5, 5.41) is 12.5. The minimum absolute atomic E-state index is 0.0688. The number of hydrogen-bond donors (Lipinski definition) is 2. The topological polar surface area (TPSA) is 101 Å². The first-order chi connectivity index (χ1) is 12.5. The standard InChI is InChI=1S/C18H15N3O4S/c1-21-16(23)13-4-2-3-5-14(13)20-18(21)26-10-15(22)19-12-8-6-11(7-9-12)17(24)25/h2-9H,10H2,1H3,(H,19,22)(H,24,25). The van der Waals surface area contributed by atoms with E-state index in [9.17, 15) is 14.4 Å². The fourth-order valence-electron chi connectivity index (χ4n) is 2.35. The SMILES string of the molecule is Cn1c(SCC(=O)Nc2ccc(C(=O)O)cc2)nc2ccccc2c1=O. The molecule has 0 fully saturated rings. The molecule has 0 aliphatic heterocycles. The number of benzene rings is 2. The zero-order chi connectivity index (χ0) is 18.7. The minimum Gasteiger partial charge on any atom is -0.478 e. The molecule has 0 spiro atoms. The molecule has 2 aromatic carbocycles. The van der Waals surface area contributed by atoms with Gasteiger partial charge in [0.1, 0.15) is 0 Å². The van der Waals surface area contributed by atoms with Gasteiger partial charge in [0.2, 0.25) is 5.91 Å². The third-order valence-electron chi connectivity index (χ3n) is 3.69. The van der Waals surface area contributed by atoms with E-state index in [0.717, 1.165) is 11.8 Å². The lowest BCUT2D eigenvalue weighted by atomic mass is 10.2. The minimum atomic E-state index is -1.03. The Labute approximate surface area is 152 Å². The quantitative estimate of drug-likeness (QED) is 0.529. The molecule has 0 saturated carbocycles. The van der Waals surface area contributed by atoms with E-state index in [1.54, 1.807) is 31.3 Å². The molecule has 1 aromatic heterocycles. The molecule has 26 heavy (non-hydrogen) atoms. The van der Waals surface area contributed by atoms with E-state index >= 15 is 0 Å². The Morgan fingerprint density at radius 2 is 1.85 bits per heavy atom. The molecule has 0 aliphatic rings. The number of fused-ring (bicyclic) bond motifs is 1. The van der Waals surface area contributed by atoms with Gasteiger partial charge in [0, 0.05) is 12.7 Å². The van der Waals surface area contributed by atoms with Crippen LogP contribution in [0.1, 0.15) is 10.4 Å². The van der Waals surface area contributed by atoms with Crippen molar-refractivity contribution in [3.8, 4) is 0 Å². The molecular formula is C18H15N3O4S. The molecule has 0 radical (unpaired) electrons. The van der Waals surface area contributed by atoms with Crippen LogP contribution in [0.2, 0.25) is 0 Å². The van der Waals surface area contributed by atoms with Gasteiger partial charge in [-0.05, 0) is 36.4 Å². The fourth-order valence-corrected chi connectivity index (χ4v) is 3.12. The maximum atomic E-state index is 12.3. The van der Waals surface area contributed by atoms with E-state index in [1.165, 1.54) is 28.8 Å². The number of carbonyl (C=O) groups is 2. The number of amides is 1. The van der Waals surface area contributed by atoms with Crippen molar-refractivity contribution in [3.05, 3.63) is 64.4 Å². The number of thioether (sulfide) groups is 1. The van der Waals surface area contributed by atoms with Crippen LogP contribution in [0.15, 0.2) is 58.5 Å². The third-order valence-corrected chi connectivity index (χ3v) is 4.72. The van der Waals surface area contributed by atoms with Gasteiger partial charge in [-0.2, -0.15) is 0 Å². The molecule has 132 valence electrons. The summed E-state index contributed by atoms with van der Waals surface area (Å²) < 4.78 is 1.42.